The van der Waals surface area contributed by atoms with Gasteiger partial charge in [0.25, 0.3) is 0 Å². The van der Waals surface area contributed by atoms with Gasteiger partial charge in [0, 0.05) is 0 Å². The predicted molar refractivity (Wildman–Crippen MR) is 82.9 cm³/mol. The number of pyridine rings is 1. The molecule has 1 saturated heterocycles. The average Bonchev–Trinajstić information content (AvgIpc) is 2.90. The Bertz CT molecular complexity index is 791. The second-order valence-corrected chi connectivity index (χ2v) is 5.92. The number of ether oxygens (including phenoxy) is 1. The molecule has 0 bridgehead atoms. The molecule has 10 nitrogen and oxygen atoms in total. The average molecular weight is 348 g/mol. The lowest BCUT2D eigenvalue weighted by Gasteiger charge is -2.25. The molecule has 0 aromatic carbocycles. The first kappa shape index (κ1) is 16.1. The number of aromatic nitrogens is 3. The second-order valence-electron chi connectivity index (χ2n) is 5.92. The monoisotopic (exact) mass is 348 g/mol. The highest BCUT2D eigenvalue weighted by Gasteiger charge is 2.43. The van der Waals surface area contributed by atoms with E-state index in [0.29, 0.717) is 11.5 Å². The van der Waals surface area contributed by atoms with Crippen LogP contribution >= 0.6 is 0 Å². The molecule has 10 heteroatoms. The minimum atomic E-state index is -1.25. The number of rotatable bonds is 3. The molecule has 2 aliphatic heterocycles. The third kappa shape index (κ3) is 2.60. The molecule has 0 radical (unpaired) electrons. The molecule has 2 aromatic heterocycles. The van der Waals surface area contributed by atoms with Crippen LogP contribution in [0.5, 0.6) is 0 Å². The highest BCUT2D eigenvalue weighted by Crippen LogP contribution is 2.32. The summed E-state index contributed by atoms with van der Waals surface area (Å²) in [7, 11) is 0. The van der Waals surface area contributed by atoms with Crippen LogP contribution in [0.3, 0.4) is 0 Å². The molecule has 4 atom stereocenters. The molecule has 132 valence electrons. The lowest BCUT2D eigenvalue weighted by Crippen LogP contribution is -2.45. The number of nitrogens with one attached hydrogen (secondary N) is 1. The van der Waals surface area contributed by atoms with Crippen LogP contribution in [0.25, 0.3) is 5.82 Å². The molecule has 0 saturated carbocycles. The Hall–Kier alpha value is -2.37. The van der Waals surface area contributed by atoms with Crippen molar-refractivity contribution in [1.82, 2.24) is 9.97 Å². The minimum Gasteiger partial charge on any atom is -0.394 e. The summed E-state index contributed by atoms with van der Waals surface area (Å²) in [5.41, 5.74) is 1.17. The zero-order chi connectivity index (χ0) is 17.6. The zero-order valence-electron chi connectivity index (χ0n) is 13.1. The number of hydrogen-bond acceptors (Lipinski definition) is 9. The van der Waals surface area contributed by atoms with Gasteiger partial charge in [0.05, 0.1) is 12.8 Å². The smallest absolute Gasteiger partial charge is 0.359 e. The van der Waals surface area contributed by atoms with Crippen molar-refractivity contribution in [2.75, 3.05) is 17.0 Å². The quantitative estimate of drug-likeness (QED) is 0.412. The Morgan fingerprint density at radius 1 is 1.28 bits per heavy atom. The normalized spacial score (nSPS) is 27.8. The van der Waals surface area contributed by atoms with E-state index in [-0.39, 0.29) is 12.4 Å². The Morgan fingerprint density at radius 2 is 2.12 bits per heavy atom. The van der Waals surface area contributed by atoms with E-state index < -0.39 is 31.1 Å². The number of aliphatic hydroxyl groups excluding tert-OH is 3. The van der Waals surface area contributed by atoms with Gasteiger partial charge in [0.1, 0.15) is 30.6 Å². The van der Waals surface area contributed by atoms with Crippen molar-refractivity contribution in [1.29, 1.82) is 0 Å². The molecule has 25 heavy (non-hydrogen) atoms. The molecule has 0 aliphatic carbocycles. The molecule has 0 amide bonds. The molecular weight excluding hydrogens is 330 g/mol. The summed E-state index contributed by atoms with van der Waals surface area (Å²) in [5, 5.41) is 43.4. The van der Waals surface area contributed by atoms with Crippen molar-refractivity contribution in [2.24, 2.45) is 0 Å². The Morgan fingerprint density at radius 3 is 2.88 bits per heavy atom. The van der Waals surface area contributed by atoms with E-state index in [4.69, 9.17) is 4.74 Å². The van der Waals surface area contributed by atoms with Crippen molar-refractivity contribution in [3.8, 4) is 5.82 Å². The minimum absolute atomic E-state index is 0.228. The van der Waals surface area contributed by atoms with Crippen molar-refractivity contribution in [3.63, 3.8) is 0 Å². The van der Waals surface area contributed by atoms with Crippen LogP contribution in [0.1, 0.15) is 5.69 Å². The van der Waals surface area contributed by atoms with Gasteiger partial charge in [-0.05, 0) is 17.1 Å². The second kappa shape index (κ2) is 6.17. The maximum absolute atomic E-state index is 10.4. The van der Waals surface area contributed by atoms with Gasteiger partial charge < -0.3 is 25.4 Å². The third-order valence-electron chi connectivity index (χ3n) is 4.37. The highest BCUT2D eigenvalue weighted by atomic mass is 16.6. The van der Waals surface area contributed by atoms with Crippen molar-refractivity contribution >= 4 is 11.5 Å². The third-order valence-corrected chi connectivity index (χ3v) is 4.37. The summed E-state index contributed by atoms with van der Waals surface area (Å²) in [4.78, 5) is 8.35. The van der Waals surface area contributed by atoms with Crippen LogP contribution in [0, 0.1) is 0 Å². The Kier molecular flexibility index (Phi) is 3.98. The summed E-state index contributed by atoms with van der Waals surface area (Å²) >= 11 is 0. The number of nitrogens with zero attached hydrogens (tertiary/aromatic N) is 4. The number of anilines is 2. The summed E-state index contributed by atoms with van der Waals surface area (Å²) < 4.78 is 7.23. The van der Waals surface area contributed by atoms with Gasteiger partial charge in [-0.1, -0.05) is 6.07 Å². The van der Waals surface area contributed by atoms with E-state index in [1.807, 2.05) is 29.0 Å². The maximum Gasteiger partial charge on any atom is 0.359 e. The van der Waals surface area contributed by atoms with Gasteiger partial charge in [-0.25, -0.2) is 5.06 Å². The lowest BCUT2D eigenvalue weighted by molar-refractivity contribution is -0.610. The fraction of sp³-hybridized carbons (Fsp3) is 0.400. The van der Waals surface area contributed by atoms with E-state index in [1.165, 1.54) is 6.33 Å². The van der Waals surface area contributed by atoms with Gasteiger partial charge in [0.15, 0.2) is 12.0 Å². The Labute approximate surface area is 142 Å². The van der Waals surface area contributed by atoms with Gasteiger partial charge in [0.2, 0.25) is 12.0 Å². The van der Waals surface area contributed by atoms with E-state index >= 15 is 0 Å². The number of hydroxylamine groups is 1. The summed E-state index contributed by atoms with van der Waals surface area (Å²) in [6, 6.07) is 5.58. The lowest BCUT2D eigenvalue weighted by atomic mass is 10.1. The fourth-order valence-electron chi connectivity index (χ4n) is 3.09. The van der Waals surface area contributed by atoms with Gasteiger partial charge in [-0.15, -0.1) is 0 Å². The van der Waals surface area contributed by atoms with Crippen molar-refractivity contribution < 1.29 is 29.8 Å². The van der Waals surface area contributed by atoms with E-state index in [0.717, 1.165) is 10.8 Å². The molecule has 2 aromatic rings. The number of aliphatic hydroxyl groups is 3. The summed E-state index contributed by atoms with van der Waals surface area (Å²) in [5.74, 6) is 0.706. The molecule has 4 rings (SSSR count). The highest BCUT2D eigenvalue weighted by molar-refractivity contribution is 5.71. The summed E-state index contributed by atoms with van der Waals surface area (Å²) in [6.45, 7) is -0.195. The summed E-state index contributed by atoms with van der Waals surface area (Å²) in [6.07, 6.45) is -1.21. The van der Waals surface area contributed by atoms with Crippen molar-refractivity contribution in [2.45, 2.75) is 31.1 Å². The topological polar surface area (TPSA) is 135 Å². The Balaban J connectivity index is 1.70. The van der Waals surface area contributed by atoms with Crippen LogP contribution in [0.2, 0.25) is 0 Å². The first-order valence-corrected chi connectivity index (χ1v) is 7.80. The van der Waals surface area contributed by atoms with Gasteiger partial charge in [-0.2, -0.15) is 9.55 Å². The number of fused-ring (bicyclic) bond motifs is 3. The molecule has 0 spiro atoms. The van der Waals surface area contributed by atoms with Gasteiger partial charge >= 0.3 is 5.82 Å². The van der Waals surface area contributed by atoms with Crippen molar-refractivity contribution in [3.05, 3.63) is 36.4 Å². The SMILES string of the molecule is OC[C@H]1O[C@@H](Nc2ncnc3c2N(O)Cc2cccc[n+]2-3)[C@H](O)[C@@H]1O. The molecular formula is C15H18N5O5+. The first-order chi connectivity index (χ1) is 12.1. The molecule has 1 fully saturated rings. The molecule has 2 aliphatic rings. The molecule has 5 N–H and O–H groups in total. The number of hydrogen-bond donors (Lipinski definition) is 5. The largest absolute Gasteiger partial charge is 0.394 e. The van der Waals surface area contributed by atoms with Gasteiger partial charge in [-0.3, -0.25) is 5.21 Å². The molecule has 0 unspecified atom stereocenters. The molecule has 4 heterocycles. The standard InChI is InChI=1S/C15H18N5O5/c21-6-9-11(22)12(23)15(25-9)18-13-10-14(17-7-16-13)19-4-2-1-3-8(19)5-20(10)24/h1-4,7,9,11-12,15,21-24H,5-6H2,(H,16,17,18)/q+1/t9-,11-,12-,15-/m1/s1. The van der Waals surface area contributed by atoms with Crippen LogP contribution in [-0.4, -0.2) is 61.6 Å². The maximum atomic E-state index is 10.4. The fourth-order valence-corrected chi connectivity index (χ4v) is 3.09. The van der Waals surface area contributed by atoms with E-state index in [1.54, 1.807) is 0 Å². The predicted octanol–water partition coefficient (Wildman–Crippen LogP) is -1.69. The van der Waals surface area contributed by atoms with Crippen LogP contribution in [-0.2, 0) is 11.3 Å². The zero-order valence-corrected chi connectivity index (χ0v) is 13.1. The van der Waals surface area contributed by atoms with E-state index in [2.05, 4.69) is 15.3 Å². The van der Waals surface area contributed by atoms with Crippen LogP contribution < -0.4 is 14.9 Å². The van der Waals surface area contributed by atoms with E-state index in [9.17, 15) is 20.5 Å². The van der Waals surface area contributed by atoms with Crippen LogP contribution in [0.4, 0.5) is 11.5 Å². The first-order valence-electron chi connectivity index (χ1n) is 7.80. The van der Waals surface area contributed by atoms with Crippen LogP contribution in [0.15, 0.2) is 30.7 Å².